The van der Waals surface area contributed by atoms with Gasteiger partial charge in [-0.2, -0.15) is 0 Å². The summed E-state index contributed by atoms with van der Waals surface area (Å²) in [6, 6.07) is 8.14. The topological polar surface area (TPSA) is 43.1 Å². The van der Waals surface area contributed by atoms with Crippen molar-refractivity contribution in [1.82, 2.24) is 0 Å². The Labute approximate surface area is 202 Å². The predicted octanol–water partition coefficient (Wildman–Crippen LogP) is 9.61. The molecule has 1 aliphatic rings. The average molecular weight is 448 g/mol. The molecule has 2 heteroatoms. The molecule has 1 aromatic carbocycles. The average Bonchev–Trinajstić information content (AvgIpc) is 2.87. The lowest BCUT2D eigenvalue weighted by Gasteiger charge is -2.31. The molecule has 2 rings (SSSR count). The van der Waals surface area contributed by atoms with Crippen molar-refractivity contribution in [3.63, 3.8) is 0 Å². The molecule has 0 spiro atoms. The molecular weight excluding hydrogens is 390 g/mol. The molecule has 3 atom stereocenters. The highest BCUT2D eigenvalue weighted by Crippen LogP contribution is 2.36. The van der Waals surface area contributed by atoms with Crippen molar-refractivity contribution in [2.75, 3.05) is 0 Å². The van der Waals surface area contributed by atoms with Crippen molar-refractivity contribution in [2.45, 2.75) is 125 Å². The van der Waals surface area contributed by atoms with E-state index in [9.17, 15) is 0 Å². The maximum Gasteiger partial charge on any atom is 0.106 e. The van der Waals surface area contributed by atoms with Gasteiger partial charge in [-0.1, -0.05) is 148 Å². The summed E-state index contributed by atoms with van der Waals surface area (Å²) in [4.78, 5) is 8.00. The number of aryl methyl sites for hydroxylation is 1. The third-order valence-corrected chi connectivity index (χ3v) is 5.89. The fraction of sp³-hybridized carbons (Fsp3) is 0.700. The Balaban J connectivity index is -0.000000437. The van der Waals surface area contributed by atoms with Crippen LogP contribution in [0.4, 0.5) is 0 Å². The van der Waals surface area contributed by atoms with Crippen LogP contribution in [0.2, 0.25) is 0 Å². The lowest BCUT2D eigenvalue weighted by Crippen LogP contribution is -2.19. The fourth-order valence-corrected chi connectivity index (χ4v) is 4.09. The summed E-state index contributed by atoms with van der Waals surface area (Å²) in [6.07, 6.45) is 18.1. The van der Waals surface area contributed by atoms with Gasteiger partial charge in [-0.05, 0) is 24.3 Å². The van der Waals surface area contributed by atoms with Gasteiger partial charge in [-0.3, -0.25) is 0 Å². The van der Waals surface area contributed by atoms with Gasteiger partial charge in [-0.15, -0.1) is 6.58 Å². The molecule has 2 N–H and O–H groups in total. The van der Waals surface area contributed by atoms with E-state index in [1.165, 1.54) is 76.2 Å². The number of unbranched alkanes of at least 4 members (excludes halogenated alkanes) is 3. The van der Waals surface area contributed by atoms with Crippen LogP contribution >= 0.6 is 0 Å². The summed E-state index contributed by atoms with van der Waals surface area (Å²) in [7, 11) is 0. The monoisotopic (exact) mass is 447 g/mol. The standard InChI is InChI=1S/C15H30.C10H13N.2C2H6.CH2O/c1-3-5-7-11-15-13-9-8-12-14(15)10-6-4-2;1-3-10(11)9-6-4-8(2)5-7-9;3*1-2/h14-15H,3-13H2,1-2H3;3-7,10H,1,11H2,2H3;2*1-2H3;1H2. The van der Waals surface area contributed by atoms with Crippen LogP contribution in [0.3, 0.4) is 0 Å². The van der Waals surface area contributed by atoms with Crippen LogP contribution in [0.25, 0.3) is 0 Å². The third-order valence-electron chi connectivity index (χ3n) is 5.89. The van der Waals surface area contributed by atoms with E-state index in [0.29, 0.717) is 0 Å². The first-order valence-corrected chi connectivity index (χ1v) is 13.4. The van der Waals surface area contributed by atoms with Crippen LogP contribution in [-0.2, 0) is 4.79 Å². The highest BCUT2D eigenvalue weighted by atomic mass is 16.1. The third kappa shape index (κ3) is 18.2. The van der Waals surface area contributed by atoms with Gasteiger partial charge in [0.15, 0.2) is 0 Å². The first-order chi connectivity index (χ1) is 15.6. The number of rotatable bonds is 9. The Bertz CT molecular complexity index is 482. The molecule has 0 radical (unpaired) electrons. The Kier molecular flexibility index (Phi) is 30.4. The molecule has 0 aromatic heterocycles. The molecule has 0 bridgehead atoms. The maximum atomic E-state index is 8.00. The lowest BCUT2D eigenvalue weighted by molar-refractivity contribution is -0.0979. The molecule has 32 heavy (non-hydrogen) atoms. The van der Waals surface area contributed by atoms with E-state index in [-0.39, 0.29) is 6.04 Å². The SMILES string of the molecule is C=CC(N)c1ccc(C)cc1.C=O.CC.CC.CCCCCC1CCCCC1CCCC. The van der Waals surface area contributed by atoms with Gasteiger partial charge in [0.05, 0.1) is 0 Å². The molecule has 0 saturated heterocycles. The quantitative estimate of drug-likeness (QED) is 0.302. The molecule has 1 aromatic rings. The molecule has 0 amide bonds. The van der Waals surface area contributed by atoms with Crippen LogP contribution in [-0.4, -0.2) is 6.79 Å². The first kappa shape index (κ1) is 35.2. The van der Waals surface area contributed by atoms with Crippen LogP contribution < -0.4 is 5.73 Å². The molecular formula is C30H57NO. The molecule has 2 nitrogen and oxygen atoms in total. The normalized spacial score (nSPS) is 17.4. The van der Waals surface area contributed by atoms with Crippen LogP contribution in [0, 0.1) is 18.8 Å². The molecule has 1 aliphatic carbocycles. The highest BCUT2D eigenvalue weighted by molar-refractivity contribution is 5.25. The fourth-order valence-electron chi connectivity index (χ4n) is 4.09. The summed E-state index contributed by atoms with van der Waals surface area (Å²) in [5, 5.41) is 0. The smallest absolute Gasteiger partial charge is 0.106 e. The van der Waals surface area contributed by atoms with E-state index in [1.807, 2.05) is 46.6 Å². The van der Waals surface area contributed by atoms with E-state index in [0.717, 1.165) is 17.4 Å². The van der Waals surface area contributed by atoms with E-state index >= 15 is 0 Å². The summed E-state index contributed by atoms with van der Waals surface area (Å²) < 4.78 is 0. The summed E-state index contributed by atoms with van der Waals surface area (Å²) in [5.74, 6) is 2.19. The number of carbonyl (C=O) groups is 1. The van der Waals surface area contributed by atoms with Crippen LogP contribution in [0.1, 0.15) is 129 Å². The van der Waals surface area contributed by atoms with Gasteiger partial charge in [-0.25, -0.2) is 0 Å². The second-order valence-electron chi connectivity index (χ2n) is 8.11. The Morgan fingerprint density at radius 2 is 1.31 bits per heavy atom. The van der Waals surface area contributed by atoms with Crippen LogP contribution in [0.15, 0.2) is 36.9 Å². The van der Waals surface area contributed by atoms with Crippen molar-refractivity contribution in [1.29, 1.82) is 0 Å². The van der Waals surface area contributed by atoms with E-state index in [1.54, 1.807) is 6.08 Å². The molecule has 1 saturated carbocycles. The lowest BCUT2D eigenvalue weighted by atomic mass is 9.74. The number of hydrogen-bond acceptors (Lipinski definition) is 2. The molecule has 3 unspecified atom stereocenters. The van der Waals surface area contributed by atoms with Crippen molar-refractivity contribution in [3.05, 3.63) is 48.0 Å². The van der Waals surface area contributed by atoms with Crippen LogP contribution in [0.5, 0.6) is 0 Å². The van der Waals surface area contributed by atoms with Crippen molar-refractivity contribution in [3.8, 4) is 0 Å². The second-order valence-corrected chi connectivity index (χ2v) is 8.11. The number of nitrogens with two attached hydrogens (primary N) is 1. The minimum Gasteiger partial charge on any atom is -0.321 e. The van der Waals surface area contributed by atoms with Gasteiger partial charge in [0.2, 0.25) is 0 Å². The predicted molar refractivity (Wildman–Crippen MR) is 147 cm³/mol. The van der Waals surface area contributed by atoms with Gasteiger partial charge >= 0.3 is 0 Å². The molecule has 0 aliphatic heterocycles. The zero-order chi connectivity index (χ0) is 25.2. The van der Waals surface area contributed by atoms with Gasteiger partial charge < -0.3 is 10.5 Å². The van der Waals surface area contributed by atoms with Crippen molar-refractivity contribution in [2.24, 2.45) is 17.6 Å². The van der Waals surface area contributed by atoms with Gasteiger partial charge in [0, 0.05) is 6.04 Å². The Hall–Kier alpha value is -1.41. The maximum absolute atomic E-state index is 8.00. The van der Waals surface area contributed by atoms with Gasteiger partial charge in [0.1, 0.15) is 6.79 Å². The Morgan fingerprint density at radius 3 is 1.72 bits per heavy atom. The Morgan fingerprint density at radius 1 is 0.875 bits per heavy atom. The number of carbonyl (C=O) groups excluding carboxylic acids is 1. The van der Waals surface area contributed by atoms with Crippen molar-refractivity contribution < 1.29 is 4.79 Å². The van der Waals surface area contributed by atoms with Gasteiger partial charge in [0.25, 0.3) is 0 Å². The highest BCUT2D eigenvalue weighted by Gasteiger charge is 2.23. The summed E-state index contributed by atoms with van der Waals surface area (Å²) in [5.41, 5.74) is 8.10. The zero-order valence-electron chi connectivity index (χ0n) is 22.8. The zero-order valence-corrected chi connectivity index (χ0v) is 22.8. The second kappa shape index (κ2) is 27.6. The number of hydrogen-bond donors (Lipinski definition) is 1. The molecule has 0 heterocycles. The van der Waals surface area contributed by atoms with E-state index in [2.05, 4.69) is 39.5 Å². The summed E-state index contributed by atoms with van der Waals surface area (Å²) >= 11 is 0. The van der Waals surface area contributed by atoms with E-state index in [4.69, 9.17) is 10.5 Å². The molecule has 1 fully saturated rings. The van der Waals surface area contributed by atoms with E-state index < -0.39 is 0 Å². The number of benzene rings is 1. The molecule has 188 valence electrons. The minimum absolute atomic E-state index is 0.0319. The minimum atomic E-state index is -0.0319. The largest absolute Gasteiger partial charge is 0.321 e. The first-order valence-electron chi connectivity index (χ1n) is 13.4. The summed E-state index contributed by atoms with van der Waals surface area (Å²) in [6.45, 7) is 20.3. The van der Waals surface area contributed by atoms with Crippen molar-refractivity contribution >= 4 is 6.79 Å².